The molecule has 94 valence electrons. The number of nitrogens with two attached hydrogens (primary N) is 1. The Bertz CT molecular complexity index is 337. The minimum Gasteiger partial charge on any atom is -0.341 e. The van der Waals surface area contributed by atoms with Crippen LogP contribution in [0.25, 0.3) is 0 Å². The average molecular weight is 234 g/mol. The van der Waals surface area contributed by atoms with Gasteiger partial charge in [-0.25, -0.2) is 0 Å². The molecule has 0 aliphatic heterocycles. The van der Waals surface area contributed by atoms with E-state index in [4.69, 9.17) is 5.73 Å². The molecule has 0 radical (unpaired) electrons. The van der Waals surface area contributed by atoms with Crippen molar-refractivity contribution < 1.29 is 4.79 Å². The summed E-state index contributed by atoms with van der Waals surface area (Å²) in [5.74, 6) is 0.120. The Kier molecular flexibility index (Phi) is 5.70. The third-order valence-corrected chi connectivity index (χ3v) is 2.78. The van der Waals surface area contributed by atoms with Crippen LogP contribution in [0, 0.1) is 0 Å². The molecule has 0 saturated heterocycles. The molecule has 0 bridgehead atoms. The largest absolute Gasteiger partial charge is 0.341 e. The molecule has 3 nitrogen and oxygen atoms in total. The number of rotatable bonds is 6. The molecule has 1 aromatic rings. The second-order valence-corrected chi connectivity index (χ2v) is 4.49. The molecule has 1 aromatic carbocycles. The molecule has 0 spiro atoms. The molecule has 1 unspecified atom stereocenters. The van der Waals surface area contributed by atoms with E-state index in [0.29, 0.717) is 13.0 Å². The maximum atomic E-state index is 11.9. The third kappa shape index (κ3) is 5.00. The smallest absolute Gasteiger partial charge is 0.224 e. The van der Waals surface area contributed by atoms with Crippen LogP contribution in [0.15, 0.2) is 30.3 Å². The van der Waals surface area contributed by atoms with Gasteiger partial charge in [-0.2, -0.15) is 0 Å². The molecule has 0 heterocycles. The van der Waals surface area contributed by atoms with Crippen molar-refractivity contribution in [1.29, 1.82) is 0 Å². The zero-order valence-corrected chi connectivity index (χ0v) is 10.7. The summed E-state index contributed by atoms with van der Waals surface area (Å²) in [6.45, 7) is 2.73. The first kappa shape index (κ1) is 13.7. The highest BCUT2D eigenvalue weighted by Gasteiger charge is 2.13. The molecule has 0 aliphatic rings. The first-order chi connectivity index (χ1) is 8.13. The summed E-state index contributed by atoms with van der Waals surface area (Å²) in [6, 6.07) is 9.98. The van der Waals surface area contributed by atoms with Crippen LogP contribution in [-0.4, -0.2) is 23.9 Å². The van der Waals surface area contributed by atoms with Crippen molar-refractivity contribution in [3.63, 3.8) is 0 Å². The minimum absolute atomic E-state index is 0.00859. The third-order valence-electron chi connectivity index (χ3n) is 2.78. The summed E-state index contributed by atoms with van der Waals surface area (Å²) in [7, 11) is 1.83. The number of amides is 1. The lowest BCUT2D eigenvalue weighted by molar-refractivity contribution is -0.130. The molecule has 17 heavy (non-hydrogen) atoms. The van der Waals surface area contributed by atoms with Crippen molar-refractivity contribution in [1.82, 2.24) is 4.90 Å². The van der Waals surface area contributed by atoms with Gasteiger partial charge in [-0.1, -0.05) is 43.7 Å². The van der Waals surface area contributed by atoms with Crippen LogP contribution in [0.4, 0.5) is 0 Å². The SMILES string of the molecule is CCCC(N)CC(=O)N(C)Cc1ccccc1. The van der Waals surface area contributed by atoms with Crippen LogP contribution in [0.2, 0.25) is 0 Å². The average Bonchev–Trinajstić information content (AvgIpc) is 2.30. The van der Waals surface area contributed by atoms with Crippen LogP contribution in [0.1, 0.15) is 31.7 Å². The van der Waals surface area contributed by atoms with Crippen molar-refractivity contribution in [2.24, 2.45) is 5.73 Å². The fourth-order valence-corrected chi connectivity index (χ4v) is 1.80. The summed E-state index contributed by atoms with van der Waals surface area (Å²) < 4.78 is 0. The Balaban J connectivity index is 2.42. The Hall–Kier alpha value is -1.35. The summed E-state index contributed by atoms with van der Waals surface area (Å²) in [4.78, 5) is 13.6. The number of benzene rings is 1. The molecule has 0 fully saturated rings. The highest BCUT2D eigenvalue weighted by atomic mass is 16.2. The number of hydrogen-bond acceptors (Lipinski definition) is 2. The monoisotopic (exact) mass is 234 g/mol. The van der Waals surface area contributed by atoms with Gasteiger partial charge in [0.15, 0.2) is 0 Å². The number of carbonyl (C=O) groups is 1. The fourth-order valence-electron chi connectivity index (χ4n) is 1.80. The lowest BCUT2D eigenvalue weighted by Crippen LogP contribution is -2.32. The van der Waals surface area contributed by atoms with Crippen molar-refractivity contribution in [2.75, 3.05) is 7.05 Å². The van der Waals surface area contributed by atoms with E-state index in [2.05, 4.69) is 6.92 Å². The van der Waals surface area contributed by atoms with Crippen molar-refractivity contribution in [2.45, 2.75) is 38.8 Å². The van der Waals surface area contributed by atoms with E-state index in [1.165, 1.54) is 0 Å². The zero-order valence-electron chi connectivity index (χ0n) is 10.7. The lowest BCUT2D eigenvalue weighted by Gasteiger charge is -2.19. The van der Waals surface area contributed by atoms with Crippen LogP contribution < -0.4 is 5.73 Å². The predicted octanol–water partition coefficient (Wildman–Crippen LogP) is 2.16. The van der Waals surface area contributed by atoms with Crippen molar-refractivity contribution >= 4 is 5.91 Å². The summed E-state index contributed by atoms with van der Waals surface area (Å²) in [5.41, 5.74) is 7.01. The lowest BCUT2D eigenvalue weighted by atomic mass is 10.1. The molecule has 0 aromatic heterocycles. The van der Waals surface area contributed by atoms with Gasteiger partial charge in [0.2, 0.25) is 5.91 Å². The highest BCUT2D eigenvalue weighted by Crippen LogP contribution is 2.06. The van der Waals surface area contributed by atoms with Crippen molar-refractivity contribution in [3.05, 3.63) is 35.9 Å². The van der Waals surface area contributed by atoms with Crippen LogP contribution in [-0.2, 0) is 11.3 Å². The normalized spacial score (nSPS) is 12.2. The number of nitrogens with zero attached hydrogens (tertiary/aromatic N) is 1. The second-order valence-electron chi connectivity index (χ2n) is 4.49. The maximum Gasteiger partial charge on any atom is 0.224 e. The van der Waals surface area contributed by atoms with E-state index in [-0.39, 0.29) is 11.9 Å². The molecule has 2 N–H and O–H groups in total. The van der Waals surface area contributed by atoms with Crippen LogP contribution in [0.3, 0.4) is 0 Å². The van der Waals surface area contributed by atoms with Gasteiger partial charge in [0.05, 0.1) is 0 Å². The van der Waals surface area contributed by atoms with Crippen LogP contribution >= 0.6 is 0 Å². The predicted molar refractivity (Wildman–Crippen MR) is 70.4 cm³/mol. The first-order valence-corrected chi connectivity index (χ1v) is 6.17. The van der Waals surface area contributed by atoms with Gasteiger partial charge in [0.25, 0.3) is 0 Å². The first-order valence-electron chi connectivity index (χ1n) is 6.17. The molecule has 1 amide bonds. The van der Waals surface area contributed by atoms with E-state index in [1.54, 1.807) is 4.90 Å². The standard InChI is InChI=1S/C14H22N2O/c1-3-7-13(15)10-14(17)16(2)11-12-8-5-4-6-9-12/h4-6,8-9,13H,3,7,10-11,15H2,1-2H3. The summed E-state index contributed by atoms with van der Waals surface area (Å²) in [6.07, 6.45) is 2.37. The van der Waals surface area contributed by atoms with Crippen molar-refractivity contribution in [3.8, 4) is 0 Å². The van der Waals surface area contributed by atoms with Gasteiger partial charge >= 0.3 is 0 Å². The molecule has 1 atom stereocenters. The Labute approximate surface area is 104 Å². The molecule has 0 aliphatic carbocycles. The highest BCUT2D eigenvalue weighted by molar-refractivity contribution is 5.76. The zero-order chi connectivity index (χ0) is 12.7. The maximum absolute atomic E-state index is 11.9. The topological polar surface area (TPSA) is 46.3 Å². The van der Waals surface area contributed by atoms with Gasteiger partial charge in [0.1, 0.15) is 0 Å². The van der Waals surface area contributed by atoms with E-state index in [0.717, 1.165) is 18.4 Å². The Morgan fingerprint density at radius 1 is 1.35 bits per heavy atom. The molecule has 0 saturated carbocycles. The van der Waals surface area contributed by atoms with E-state index < -0.39 is 0 Å². The van der Waals surface area contributed by atoms with E-state index in [1.807, 2.05) is 37.4 Å². The van der Waals surface area contributed by atoms with E-state index in [9.17, 15) is 4.79 Å². The Morgan fingerprint density at radius 2 is 2.00 bits per heavy atom. The molecular weight excluding hydrogens is 212 g/mol. The summed E-state index contributed by atoms with van der Waals surface area (Å²) in [5, 5.41) is 0. The van der Waals surface area contributed by atoms with Crippen LogP contribution in [0.5, 0.6) is 0 Å². The number of hydrogen-bond donors (Lipinski definition) is 1. The molecule has 1 rings (SSSR count). The summed E-state index contributed by atoms with van der Waals surface area (Å²) >= 11 is 0. The number of carbonyl (C=O) groups excluding carboxylic acids is 1. The van der Waals surface area contributed by atoms with Gasteiger partial charge in [-0.15, -0.1) is 0 Å². The van der Waals surface area contributed by atoms with Gasteiger partial charge in [-0.3, -0.25) is 4.79 Å². The Morgan fingerprint density at radius 3 is 2.59 bits per heavy atom. The van der Waals surface area contributed by atoms with Gasteiger partial charge in [-0.05, 0) is 12.0 Å². The molecule has 3 heteroatoms. The van der Waals surface area contributed by atoms with E-state index >= 15 is 0 Å². The quantitative estimate of drug-likeness (QED) is 0.820. The van der Waals surface area contributed by atoms with Gasteiger partial charge < -0.3 is 10.6 Å². The second kappa shape index (κ2) is 7.07. The van der Waals surface area contributed by atoms with Gasteiger partial charge in [0, 0.05) is 26.1 Å². The molecular formula is C14H22N2O. The minimum atomic E-state index is -0.00859. The fraction of sp³-hybridized carbons (Fsp3) is 0.500.